The summed E-state index contributed by atoms with van der Waals surface area (Å²) in [6.45, 7) is 4.06. The number of anilines is 1. The maximum absolute atomic E-state index is 12.6. The van der Waals surface area contributed by atoms with E-state index >= 15 is 0 Å². The van der Waals surface area contributed by atoms with E-state index in [4.69, 9.17) is 4.74 Å². The molecule has 0 bridgehead atoms. The Bertz CT molecular complexity index is 1260. The number of nitrogens with zero attached hydrogens (tertiary/aromatic N) is 1. The highest BCUT2D eigenvalue weighted by atomic mass is 79.9. The summed E-state index contributed by atoms with van der Waals surface area (Å²) in [5.74, 6) is -0.436. The van der Waals surface area contributed by atoms with Crippen LogP contribution in [-0.2, 0) is 16.1 Å². The van der Waals surface area contributed by atoms with Crippen LogP contribution in [0.5, 0.6) is 5.75 Å². The van der Waals surface area contributed by atoms with Gasteiger partial charge in [-0.25, -0.2) is 0 Å². The molecule has 3 aromatic rings. The van der Waals surface area contributed by atoms with Crippen LogP contribution in [-0.4, -0.2) is 18.4 Å². The zero-order chi connectivity index (χ0) is 24.5. The number of hydrogen-bond donors (Lipinski definition) is 2. The molecular weight excluding hydrogens is 494 g/mol. The number of ether oxygens (including phenoxy) is 1. The van der Waals surface area contributed by atoms with Gasteiger partial charge < -0.3 is 15.4 Å². The van der Waals surface area contributed by atoms with Gasteiger partial charge in [0.1, 0.15) is 17.4 Å². The number of rotatable bonds is 8. The molecule has 0 aromatic heterocycles. The van der Waals surface area contributed by atoms with Crippen LogP contribution in [0.4, 0.5) is 5.69 Å². The highest BCUT2D eigenvalue weighted by Gasteiger charge is 2.13. The predicted molar refractivity (Wildman–Crippen MR) is 136 cm³/mol. The molecule has 0 aliphatic carbocycles. The van der Waals surface area contributed by atoms with Gasteiger partial charge in [0.2, 0.25) is 0 Å². The number of aryl methyl sites for hydroxylation is 2. The number of nitrogens with one attached hydrogen (secondary N) is 2. The summed E-state index contributed by atoms with van der Waals surface area (Å²) in [7, 11) is 0. The first-order valence-electron chi connectivity index (χ1n) is 10.6. The number of amides is 2. The normalized spacial score (nSPS) is 10.8. The van der Waals surface area contributed by atoms with E-state index in [0.717, 1.165) is 21.2 Å². The Morgan fingerprint density at radius 3 is 2.50 bits per heavy atom. The Kier molecular flexibility index (Phi) is 8.60. The van der Waals surface area contributed by atoms with Gasteiger partial charge in [0.15, 0.2) is 6.61 Å². The molecule has 3 rings (SSSR count). The van der Waals surface area contributed by atoms with Crippen molar-refractivity contribution in [3.63, 3.8) is 0 Å². The van der Waals surface area contributed by atoms with Gasteiger partial charge in [-0.1, -0.05) is 52.3 Å². The quantitative estimate of drug-likeness (QED) is 0.313. The fourth-order valence-corrected chi connectivity index (χ4v) is 3.48. The third kappa shape index (κ3) is 7.06. The monoisotopic (exact) mass is 517 g/mol. The third-order valence-electron chi connectivity index (χ3n) is 5.08. The van der Waals surface area contributed by atoms with Crippen molar-refractivity contribution >= 4 is 39.5 Å². The van der Waals surface area contributed by atoms with Crippen LogP contribution in [0.3, 0.4) is 0 Å². The minimum Gasteiger partial charge on any atom is -0.483 e. The van der Waals surface area contributed by atoms with Crippen molar-refractivity contribution in [1.29, 1.82) is 5.26 Å². The zero-order valence-corrected chi connectivity index (χ0v) is 20.5. The SMILES string of the molecule is Cc1ccc(NC(=O)COc2ccc(Br)cc2/C=C(\C#N)C(=O)NCc2ccccc2)cc1C. The van der Waals surface area contributed by atoms with Crippen LogP contribution in [0.15, 0.2) is 76.8 Å². The van der Waals surface area contributed by atoms with Gasteiger partial charge in [0.25, 0.3) is 11.8 Å². The summed E-state index contributed by atoms with van der Waals surface area (Å²) in [4.78, 5) is 24.9. The standard InChI is InChI=1S/C27H24BrN3O3/c1-18-8-10-24(12-19(18)2)31-26(32)17-34-25-11-9-23(28)14-21(25)13-22(15-29)27(33)30-16-20-6-4-3-5-7-20/h3-14H,16-17H2,1-2H3,(H,30,33)(H,31,32)/b22-13+. The van der Waals surface area contributed by atoms with E-state index in [9.17, 15) is 14.9 Å². The summed E-state index contributed by atoms with van der Waals surface area (Å²) in [5.41, 5.74) is 4.26. The van der Waals surface area contributed by atoms with Crippen LogP contribution in [0, 0.1) is 25.2 Å². The Morgan fingerprint density at radius 2 is 1.79 bits per heavy atom. The van der Waals surface area contributed by atoms with Crippen LogP contribution >= 0.6 is 15.9 Å². The van der Waals surface area contributed by atoms with Gasteiger partial charge in [-0.3, -0.25) is 9.59 Å². The number of halogens is 1. The highest BCUT2D eigenvalue weighted by Crippen LogP contribution is 2.26. The molecule has 34 heavy (non-hydrogen) atoms. The molecule has 2 amide bonds. The average Bonchev–Trinajstić information content (AvgIpc) is 2.83. The zero-order valence-electron chi connectivity index (χ0n) is 18.9. The van der Waals surface area contributed by atoms with Gasteiger partial charge in [0.05, 0.1) is 0 Å². The smallest absolute Gasteiger partial charge is 0.262 e. The minimum atomic E-state index is -0.496. The third-order valence-corrected chi connectivity index (χ3v) is 5.58. The summed E-state index contributed by atoms with van der Waals surface area (Å²) in [5, 5.41) is 15.1. The summed E-state index contributed by atoms with van der Waals surface area (Å²) in [6.07, 6.45) is 1.45. The molecule has 0 aliphatic heterocycles. The van der Waals surface area contributed by atoms with Crippen molar-refractivity contribution in [2.24, 2.45) is 0 Å². The van der Waals surface area contributed by atoms with E-state index in [-0.39, 0.29) is 18.1 Å². The van der Waals surface area contributed by atoms with E-state index in [2.05, 4.69) is 26.6 Å². The van der Waals surface area contributed by atoms with Crippen molar-refractivity contribution in [1.82, 2.24) is 5.32 Å². The Morgan fingerprint density at radius 1 is 1.03 bits per heavy atom. The van der Waals surface area contributed by atoms with E-state index in [0.29, 0.717) is 23.5 Å². The molecule has 0 spiro atoms. The molecule has 2 N–H and O–H groups in total. The van der Waals surface area contributed by atoms with Gasteiger partial charge in [0, 0.05) is 22.3 Å². The fourth-order valence-electron chi connectivity index (χ4n) is 3.10. The minimum absolute atomic E-state index is 0.0709. The largest absolute Gasteiger partial charge is 0.483 e. The molecule has 7 heteroatoms. The second-order valence-corrected chi connectivity index (χ2v) is 8.57. The van der Waals surface area contributed by atoms with Crippen molar-refractivity contribution in [3.8, 4) is 11.8 Å². The van der Waals surface area contributed by atoms with Crippen LogP contribution in [0.1, 0.15) is 22.3 Å². The Balaban J connectivity index is 1.69. The molecule has 0 atom stereocenters. The molecule has 0 radical (unpaired) electrons. The summed E-state index contributed by atoms with van der Waals surface area (Å²) in [6, 6.07) is 22.2. The fraction of sp³-hybridized carbons (Fsp3) is 0.148. The second-order valence-electron chi connectivity index (χ2n) is 7.66. The molecule has 0 unspecified atom stereocenters. The first kappa shape index (κ1) is 24.7. The number of carbonyl (C=O) groups is 2. The second kappa shape index (κ2) is 11.8. The van der Waals surface area contributed by atoms with E-state index < -0.39 is 5.91 Å². The highest BCUT2D eigenvalue weighted by molar-refractivity contribution is 9.10. The molecule has 0 aliphatic rings. The maximum Gasteiger partial charge on any atom is 0.262 e. The van der Waals surface area contributed by atoms with Crippen molar-refractivity contribution in [2.45, 2.75) is 20.4 Å². The van der Waals surface area contributed by atoms with Gasteiger partial charge in [-0.05, 0) is 66.9 Å². The van der Waals surface area contributed by atoms with E-state index in [1.54, 1.807) is 18.2 Å². The lowest BCUT2D eigenvalue weighted by Crippen LogP contribution is -2.24. The number of benzene rings is 3. The number of nitriles is 1. The summed E-state index contributed by atoms with van der Waals surface area (Å²) < 4.78 is 6.46. The van der Waals surface area contributed by atoms with Crippen molar-refractivity contribution < 1.29 is 14.3 Å². The molecule has 172 valence electrons. The number of hydrogen-bond acceptors (Lipinski definition) is 4. The van der Waals surface area contributed by atoms with E-state index in [1.165, 1.54) is 6.08 Å². The average molecular weight is 518 g/mol. The van der Waals surface area contributed by atoms with Gasteiger partial charge in [-0.15, -0.1) is 0 Å². The van der Waals surface area contributed by atoms with E-state index in [1.807, 2.05) is 68.4 Å². The van der Waals surface area contributed by atoms with Gasteiger partial charge >= 0.3 is 0 Å². The lowest BCUT2D eigenvalue weighted by Gasteiger charge is -2.12. The first-order valence-corrected chi connectivity index (χ1v) is 11.4. The molecule has 3 aromatic carbocycles. The lowest BCUT2D eigenvalue weighted by atomic mass is 10.1. The first-order chi connectivity index (χ1) is 16.4. The molecule has 0 fully saturated rings. The van der Waals surface area contributed by atoms with Crippen LogP contribution in [0.2, 0.25) is 0 Å². The lowest BCUT2D eigenvalue weighted by molar-refractivity contribution is -0.118. The molecule has 0 saturated heterocycles. The molecule has 6 nitrogen and oxygen atoms in total. The molecular formula is C27H24BrN3O3. The molecule has 0 heterocycles. The number of carbonyl (C=O) groups excluding carboxylic acids is 2. The van der Waals surface area contributed by atoms with Crippen LogP contribution in [0.25, 0.3) is 6.08 Å². The summed E-state index contributed by atoms with van der Waals surface area (Å²) >= 11 is 3.40. The van der Waals surface area contributed by atoms with Crippen molar-refractivity contribution in [2.75, 3.05) is 11.9 Å². The molecule has 0 saturated carbocycles. The van der Waals surface area contributed by atoms with Crippen LogP contribution < -0.4 is 15.4 Å². The van der Waals surface area contributed by atoms with Gasteiger partial charge in [-0.2, -0.15) is 5.26 Å². The Labute approximate surface area is 207 Å². The Hall–Kier alpha value is -3.89. The topological polar surface area (TPSA) is 91.2 Å². The maximum atomic E-state index is 12.6. The van der Waals surface area contributed by atoms with Crippen molar-refractivity contribution in [3.05, 3.63) is 99.0 Å². The predicted octanol–water partition coefficient (Wildman–Crippen LogP) is 5.31.